The van der Waals surface area contributed by atoms with Crippen LogP contribution in [0.3, 0.4) is 0 Å². The van der Waals surface area contributed by atoms with E-state index < -0.39 is 7.12 Å². The van der Waals surface area contributed by atoms with Gasteiger partial charge in [-0.25, -0.2) is 0 Å². The highest BCUT2D eigenvalue weighted by molar-refractivity contribution is 6.58. The smallest absolute Gasteiger partial charge is 0.423 e. The molecular formula is C13H15BO3. The van der Waals surface area contributed by atoms with E-state index in [2.05, 4.69) is 0 Å². The van der Waals surface area contributed by atoms with Crippen molar-refractivity contribution in [3.8, 4) is 0 Å². The summed E-state index contributed by atoms with van der Waals surface area (Å²) >= 11 is 0. The van der Waals surface area contributed by atoms with Gasteiger partial charge in [0.25, 0.3) is 0 Å². The molecule has 0 radical (unpaired) electrons. The number of hydrogen-bond acceptors (Lipinski definition) is 3. The summed E-state index contributed by atoms with van der Waals surface area (Å²) in [6, 6.07) is 5.24. The van der Waals surface area contributed by atoms with Gasteiger partial charge < -0.3 is 10.0 Å². The number of benzene rings is 1. The fraction of sp³-hybridized carbons (Fsp3) is 0.308. The standard InChI is InChI=1S/C13H15BO3/c1-8(2)13(15)11-5-9-3-4-12(14(16)17)7-10(9)6-11/h3-5,7-8,16-17H,6H2,1-2H3. The number of fused-ring (bicyclic) bond motifs is 1. The van der Waals surface area contributed by atoms with Gasteiger partial charge in [0.2, 0.25) is 0 Å². The highest BCUT2D eigenvalue weighted by Crippen LogP contribution is 2.26. The zero-order valence-corrected chi connectivity index (χ0v) is 9.97. The molecule has 0 aromatic heterocycles. The molecule has 0 heterocycles. The topological polar surface area (TPSA) is 57.5 Å². The Hall–Kier alpha value is -1.39. The Bertz CT molecular complexity index is 489. The third-order valence-electron chi connectivity index (χ3n) is 3.02. The molecular weight excluding hydrogens is 215 g/mol. The number of ketones is 1. The Labute approximate surface area is 101 Å². The van der Waals surface area contributed by atoms with E-state index >= 15 is 0 Å². The predicted molar refractivity (Wildman–Crippen MR) is 67.8 cm³/mol. The molecule has 4 heteroatoms. The molecule has 1 aliphatic carbocycles. The molecule has 2 rings (SSSR count). The second-order valence-corrected chi connectivity index (χ2v) is 4.70. The highest BCUT2D eigenvalue weighted by atomic mass is 16.4. The van der Waals surface area contributed by atoms with Gasteiger partial charge in [0, 0.05) is 17.9 Å². The quantitative estimate of drug-likeness (QED) is 0.744. The highest BCUT2D eigenvalue weighted by Gasteiger charge is 2.22. The summed E-state index contributed by atoms with van der Waals surface area (Å²) in [5.41, 5.74) is 3.26. The van der Waals surface area contributed by atoms with Crippen LogP contribution in [0, 0.1) is 5.92 Å². The number of carbonyl (C=O) groups excluding carboxylic acids is 1. The van der Waals surface area contributed by atoms with Crippen molar-refractivity contribution in [2.45, 2.75) is 20.3 Å². The summed E-state index contributed by atoms with van der Waals surface area (Å²) in [5.74, 6) is 0.158. The normalized spacial score (nSPS) is 13.6. The lowest BCUT2D eigenvalue weighted by atomic mass is 9.79. The molecule has 17 heavy (non-hydrogen) atoms. The van der Waals surface area contributed by atoms with Crippen molar-refractivity contribution in [3.05, 3.63) is 34.9 Å². The maximum absolute atomic E-state index is 11.9. The Balaban J connectivity index is 2.27. The van der Waals surface area contributed by atoms with Gasteiger partial charge in [0.1, 0.15) is 0 Å². The summed E-state index contributed by atoms with van der Waals surface area (Å²) in [4.78, 5) is 11.9. The van der Waals surface area contributed by atoms with Gasteiger partial charge in [-0.15, -0.1) is 0 Å². The van der Waals surface area contributed by atoms with Gasteiger partial charge in [-0.3, -0.25) is 4.79 Å². The summed E-state index contributed by atoms with van der Waals surface area (Å²) in [6.07, 6.45) is 2.48. The van der Waals surface area contributed by atoms with Crippen molar-refractivity contribution in [1.82, 2.24) is 0 Å². The van der Waals surface area contributed by atoms with Gasteiger partial charge in [-0.05, 0) is 22.7 Å². The van der Waals surface area contributed by atoms with Gasteiger partial charge in [-0.2, -0.15) is 0 Å². The van der Waals surface area contributed by atoms with Gasteiger partial charge in [0.15, 0.2) is 5.78 Å². The molecule has 3 nitrogen and oxygen atoms in total. The lowest BCUT2D eigenvalue weighted by Gasteiger charge is -2.05. The summed E-state index contributed by atoms with van der Waals surface area (Å²) in [6.45, 7) is 3.77. The lowest BCUT2D eigenvalue weighted by Crippen LogP contribution is -2.30. The van der Waals surface area contributed by atoms with E-state index in [1.165, 1.54) is 0 Å². The minimum atomic E-state index is -1.45. The second-order valence-electron chi connectivity index (χ2n) is 4.70. The third-order valence-corrected chi connectivity index (χ3v) is 3.02. The molecule has 0 saturated heterocycles. The van der Waals surface area contributed by atoms with E-state index in [-0.39, 0.29) is 11.7 Å². The van der Waals surface area contributed by atoms with Crippen molar-refractivity contribution in [2.75, 3.05) is 0 Å². The fourth-order valence-corrected chi connectivity index (χ4v) is 2.05. The van der Waals surface area contributed by atoms with Crippen LogP contribution in [-0.2, 0) is 11.2 Å². The molecule has 2 N–H and O–H groups in total. The fourth-order valence-electron chi connectivity index (χ4n) is 2.05. The number of allylic oxidation sites excluding steroid dienone is 1. The van der Waals surface area contributed by atoms with E-state index in [4.69, 9.17) is 10.0 Å². The molecule has 1 aliphatic rings. The van der Waals surface area contributed by atoms with Crippen LogP contribution in [0.5, 0.6) is 0 Å². The van der Waals surface area contributed by atoms with Crippen LogP contribution in [0.2, 0.25) is 0 Å². The molecule has 1 aromatic carbocycles. The zero-order valence-electron chi connectivity index (χ0n) is 9.97. The molecule has 0 fully saturated rings. The minimum absolute atomic E-state index is 0.00142. The molecule has 0 amide bonds. The van der Waals surface area contributed by atoms with Gasteiger partial charge >= 0.3 is 7.12 Å². The van der Waals surface area contributed by atoms with Crippen molar-refractivity contribution in [1.29, 1.82) is 0 Å². The lowest BCUT2D eigenvalue weighted by molar-refractivity contribution is -0.118. The predicted octanol–water partition coefficient (Wildman–Crippen LogP) is 0.531. The van der Waals surface area contributed by atoms with Crippen molar-refractivity contribution >= 4 is 24.4 Å². The molecule has 1 aromatic rings. The first-order valence-electron chi connectivity index (χ1n) is 5.73. The van der Waals surface area contributed by atoms with E-state index in [9.17, 15) is 4.79 Å². The Morgan fingerprint density at radius 3 is 2.65 bits per heavy atom. The van der Waals surface area contributed by atoms with Crippen molar-refractivity contribution in [2.24, 2.45) is 5.92 Å². The molecule has 0 aliphatic heterocycles. The number of rotatable bonds is 3. The van der Waals surface area contributed by atoms with Crippen LogP contribution in [0.4, 0.5) is 0 Å². The Kier molecular flexibility index (Phi) is 3.18. The van der Waals surface area contributed by atoms with Crippen molar-refractivity contribution < 1.29 is 14.8 Å². The van der Waals surface area contributed by atoms with Crippen LogP contribution < -0.4 is 5.46 Å². The van der Waals surface area contributed by atoms with Crippen LogP contribution in [0.1, 0.15) is 25.0 Å². The largest absolute Gasteiger partial charge is 0.488 e. The molecule has 0 spiro atoms. The molecule has 0 unspecified atom stereocenters. The zero-order chi connectivity index (χ0) is 12.6. The molecule has 0 atom stereocenters. The average molecular weight is 230 g/mol. The minimum Gasteiger partial charge on any atom is -0.423 e. The maximum Gasteiger partial charge on any atom is 0.488 e. The monoisotopic (exact) mass is 230 g/mol. The van der Waals surface area contributed by atoms with Gasteiger partial charge in [0.05, 0.1) is 0 Å². The van der Waals surface area contributed by atoms with E-state index in [1.807, 2.05) is 26.0 Å². The SMILES string of the molecule is CC(C)C(=O)C1=Cc2ccc(B(O)O)cc2C1. The number of Topliss-reactive ketones (excluding diaryl/α,β-unsaturated/α-hetero) is 1. The molecule has 0 bridgehead atoms. The molecule has 88 valence electrons. The Morgan fingerprint density at radius 2 is 2.06 bits per heavy atom. The Morgan fingerprint density at radius 1 is 1.35 bits per heavy atom. The van der Waals surface area contributed by atoms with E-state index in [0.717, 1.165) is 16.7 Å². The van der Waals surface area contributed by atoms with Crippen molar-refractivity contribution in [3.63, 3.8) is 0 Å². The first-order chi connectivity index (χ1) is 7.99. The summed E-state index contributed by atoms with van der Waals surface area (Å²) in [5, 5.41) is 18.2. The maximum atomic E-state index is 11.9. The average Bonchev–Trinajstić information content (AvgIpc) is 2.69. The van der Waals surface area contributed by atoms with Gasteiger partial charge in [-0.1, -0.05) is 32.0 Å². The molecule has 0 saturated carbocycles. The summed E-state index contributed by atoms with van der Waals surface area (Å²) < 4.78 is 0. The van der Waals surface area contributed by atoms with Crippen LogP contribution >= 0.6 is 0 Å². The van der Waals surface area contributed by atoms with Crippen LogP contribution in [0.15, 0.2) is 23.8 Å². The first kappa shape index (κ1) is 12.1. The summed E-state index contributed by atoms with van der Waals surface area (Å²) in [7, 11) is -1.45. The van der Waals surface area contributed by atoms with Crippen LogP contribution in [0.25, 0.3) is 6.08 Å². The van der Waals surface area contributed by atoms with Crippen LogP contribution in [-0.4, -0.2) is 22.9 Å². The second kappa shape index (κ2) is 4.47. The van der Waals surface area contributed by atoms with E-state index in [0.29, 0.717) is 11.9 Å². The number of hydrogen-bond donors (Lipinski definition) is 2. The first-order valence-corrected chi connectivity index (χ1v) is 5.73. The van der Waals surface area contributed by atoms with E-state index in [1.54, 1.807) is 12.1 Å². The number of carbonyl (C=O) groups is 1. The third kappa shape index (κ3) is 2.33.